The molecule has 0 radical (unpaired) electrons. The van der Waals surface area contributed by atoms with E-state index in [2.05, 4.69) is 40.0 Å². The van der Waals surface area contributed by atoms with E-state index >= 15 is 0 Å². The zero-order valence-electron chi connectivity index (χ0n) is 22.0. The molecule has 0 spiro atoms. The van der Waals surface area contributed by atoms with E-state index in [9.17, 15) is 13.7 Å². The van der Waals surface area contributed by atoms with Crippen molar-refractivity contribution in [2.75, 3.05) is 31.7 Å². The first-order valence-electron chi connectivity index (χ1n) is 12.7. The first-order chi connectivity index (χ1) is 17.6. The van der Waals surface area contributed by atoms with Crippen molar-refractivity contribution in [3.05, 3.63) is 59.2 Å². The number of nitrogens with zero attached hydrogens (tertiary/aromatic N) is 2. The number of hydrogen-bond acceptors (Lipinski definition) is 6. The first-order valence-corrected chi connectivity index (χ1v) is 14.1. The smallest absolute Gasteiger partial charge is 0.251 e. The van der Waals surface area contributed by atoms with Crippen LogP contribution in [0.5, 0.6) is 0 Å². The Balaban J connectivity index is 1.59. The molecule has 0 aliphatic carbocycles. The van der Waals surface area contributed by atoms with Gasteiger partial charge in [-0.25, -0.2) is 13.1 Å². The summed E-state index contributed by atoms with van der Waals surface area (Å²) >= 11 is 0. The monoisotopic (exact) mass is 521 g/mol. The summed E-state index contributed by atoms with van der Waals surface area (Å²) in [4.78, 5) is 2.08. The number of anilines is 1. The summed E-state index contributed by atoms with van der Waals surface area (Å²) in [5.41, 5.74) is 1.63. The van der Waals surface area contributed by atoms with Gasteiger partial charge in [0.1, 0.15) is 17.6 Å². The summed E-state index contributed by atoms with van der Waals surface area (Å²) in [5, 5.41) is 12.0. The summed E-state index contributed by atoms with van der Waals surface area (Å²) in [6, 6.07) is 18.1. The van der Waals surface area contributed by atoms with Crippen molar-refractivity contribution in [2.45, 2.75) is 52.0 Å². The van der Waals surface area contributed by atoms with Gasteiger partial charge in [0.15, 0.2) is 4.91 Å². The highest BCUT2D eigenvalue weighted by Gasteiger charge is 2.30. The molecule has 1 aromatic heterocycles. The van der Waals surface area contributed by atoms with Crippen LogP contribution in [0.4, 0.5) is 5.69 Å². The quantitative estimate of drug-likeness (QED) is 0.343. The Hall–Kier alpha value is -3.12. The molecule has 1 saturated heterocycles. The molecule has 0 amide bonds. The highest BCUT2D eigenvalue weighted by atomic mass is 32.2. The van der Waals surface area contributed by atoms with Crippen LogP contribution in [0.2, 0.25) is 0 Å². The number of nitriles is 1. The summed E-state index contributed by atoms with van der Waals surface area (Å²) in [6.07, 6.45) is 4.25. The van der Waals surface area contributed by atoms with Crippen molar-refractivity contribution < 1.29 is 17.6 Å². The zero-order valence-corrected chi connectivity index (χ0v) is 22.8. The Kier molecular flexibility index (Phi) is 8.08. The van der Waals surface area contributed by atoms with Crippen LogP contribution in [0, 0.1) is 11.3 Å². The summed E-state index contributed by atoms with van der Waals surface area (Å²) in [6.45, 7) is 7.71. The molecule has 3 aromatic rings. The molecule has 0 unspecified atom stereocenters. The fourth-order valence-electron chi connectivity index (χ4n) is 4.71. The van der Waals surface area contributed by atoms with Gasteiger partial charge in [0, 0.05) is 49.2 Å². The average Bonchev–Trinajstić information content (AvgIpc) is 3.37. The van der Waals surface area contributed by atoms with Gasteiger partial charge in [-0.1, -0.05) is 18.2 Å². The van der Waals surface area contributed by atoms with Crippen LogP contribution in [0.15, 0.2) is 57.9 Å². The van der Waals surface area contributed by atoms with Crippen LogP contribution >= 0.6 is 0 Å². The third-order valence-corrected chi connectivity index (χ3v) is 8.61. The van der Waals surface area contributed by atoms with E-state index < -0.39 is 15.6 Å². The predicted octanol–water partition coefficient (Wildman–Crippen LogP) is 6.08. The molecule has 0 atom stereocenters. The molecule has 7 nitrogen and oxygen atoms in total. The minimum Gasteiger partial charge on any atom is -0.456 e. The molecule has 1 aliphatic heterocycles. The van der Waals surface area contributed by atoms with Crippen LogP contribution in [-0.2, 0) is 14.8 Å². The molecule has 1 N–H and O–H groups in total. The van der Waals surface area contributed by atoms with E-state index in [0.29, 0.717) is 24.5 Å². The predicted molar refractivity (Wildman–Crippen MR) is 149 cm³/mol. The average molecular weight is 522 g/mol. The zero-order chi connectivity index (χ0) is 26.6. The van der Waals surface area contributed by atoms with Crippen LogP contribution in [0.1, 0.15) is 52.2 Å². The van der Waals surface area contributed by atoms with E-state index in [-0.39, 0.29) is 10.5 Å². The first kappa shape index (κ1) is 26.9. The normalized spacial score (nSPS) is 15.5. The van der Waals surface area contributed by atoms with Crippen LogP contribution in [0.3, 0.4) is 0 Å². The molecule has 2 aromatic carbocycles. The fraction of sp³-hybridized carbons (Fsp3) is 0.414. The third kappa shape index (κ3) is 6.24. The van der Waals surface area contributed by atoms with Crippen LogP contribution < -0.4 is 9.62 Å². The van der Waals surface area contributed by atoms with E-state index in [1.54, 1.807) is 40.0 Å². The highest BCUT2D eigenvalue weighted by molar-refractivity contribution is 7.93. The van der Waals surface area contributed by atoms with Crippen molar-refractivity contribution in [1.29, 1.82) is 5.26 Å². The van der Waals surface area contributed by atoms with E-state index in [0.717, 1.165) is 29.4 Å². The summed E-state index contributed by atoms with van der Waals surface area (Å²) in [5.74, 6) is 0.951. The maximum absolute atomic E-state index is 13.0. The van der Waals surface area contributed by atoms with Gasteiger partial charge >= 0.3 is 0 Å². The topological polar surface area (TPSA) is 95.6 Å². The lowest BCUT2D eigenvalue weighted by Gasteiger charge is -2.29. The molecule has 0 saturated carbocycles. The molecule has 0 bridgehead atoms. The van der Waals surface area contributed by atoms with Crippen LogP contribution in [0.25, 0.3) is 27.7 Å². The lowest BCUT2D eigenvalue weighted by atomic mass is 10.0. The molecule has 2 heterocycles. The van der Waals surface area contributed by atoms with Crippen molar-refractivity contribution in [2.24, 2.45) is 0 Å². The number of furan rings is 1. The number of benzene rings is 2. The van der Waals surface area contributed by atoms with E-state index in [4.69, 9.17) is 9.15 Å². The van der Waals surface area contributed by atoms with E-state index in [1.165, 1.54) is 24.9 Å². The Morgan fingerprint density at radius 1 is 1.08 bits per heavy atom. The maximum atomic E-state index is 13.0. The number of fused-ring (bicyclic) bond motifs is 1. The van der Waals surface area contributed by atoms with Crippen molar-refractivity contribution in [3.8, 4) is 17.4 Å². The number of methoxy groups -OCH3 is 1. The molecule has 37 heavy (non-hydrogen) atoms. The Morgan fingerprint density at radius 3 is 2.49 bits per heavy atom. The van der Waals surface area contributed by atoms with Gasteiger partial charge in [0.25, 0.3) is 10.0 Å². The molecule has 1 aliphatic rings. The van der Waals surface area contributed by atoms with Gasteiger partial charge in [-0.15, -0.1) is 0 Å². The largest absolute Gasteiger partial charge is 0.456 e. The number of sulfonamides is 1. The third-order valence-electron chi connectivity index (χ3n) is 6.86. The van der Waals surface area contributed by atoms with Crippen molar-refractivity contribution in [1.82, 2.24) is 4.72 Å². The highest BCUT2D eigenvalue weighted by Crippen LogP contribution is 2.32. The second kappa shape index (κ2) is 11.1. The molecular formula is C29H35N3O4S. The maximum Gasteiger partial charge on any atom is 0.251 e. The fourth-order valence-corrected chi connectivity index (χ4v) is 6.27. The van der Waals surface area contributed by atoms with Gasteiger partial charge in [-0.05, 0) is 87.6 Å². The van der Waals surface area contributed by atoms with Crippen LogP contribution in [-0.4, -0.2) is 40.8 Å². The minimum atomic E-state index is -4.06. The van der Waals surface area contributed by atoms with E-state index in [1.807, 2.05) is 12.1 Å². The van der Waals surface area contributed by atoms with Gasteiger partial charge in [-0.2, -0.15) is 5.26 Å². The molecule has 8 heteroatoms. The van der Waals surface area contributed by atoms with Gasteiger partial charge in [0.2, 0.25) is 0 Å². The van der Waals surface area contributed by atoms with Crippen molar-refractivity contribution in [3.63, 3.8) is 0 Å². The van der Waals surface area contributed by atoms with Gasteiger partial charge in [-0.3, -0.25) is 0 Å². The minimum absolute atomic E-state index is 0.260. The second-order valence-electron chi connectivity index (χ2n) is 10.3. The van der Waals surface area contributed by atoms with Gasteiger partial charge in [0.05, 0.1) is 0 Å². The number of allylic oxidation sites excluding steroid dienone is 2. The SMILES string of the molecule is COCCC(C)(C)NS(=O)(=O)/C(C#N)=C(\C)c1ccc(-c2ccc3cc(N4CCCCC4)ccc3c2)o1. The number of rotatable bonds is 9. The molecule has 4 rings (SSSR count). The summed E-state index contributed by atoms with van der Waals surface area (Å²) in [7, 11) is -2.49. The molecule has 196 valence electrons. The van der Waals surface area contributed by atoms with Crippen molar-refractivity contribution >= 4 is 32.1 Å². The Bertz CT molecular complexity index is 1440. The number of piperidine rings is 1. The second-order valence-corrected chi connectivity index (χ2v) is 11.9. The standard InChI is InChI=1S/C29H35N3O4S/c1-21(28(20-30)37(33,34)31-29(2,3)14-17-35-4)26-12-13-27(36-26)24-9-8-23-19-25(11-10-22(23)18-24)32-15-6-5-7-16-32/h8-13,18-19,31H,5-7,14-17H2,1-4H3/b28-21+. The molecular weight excluding hydrogens is 486 g/mol. The number of ether oxygens (including phenoxy) is 1. The number of hydrogen-bond donors (Lipinski definition) is 1. The summed E-state index contributed by atoms with van der Waals surface area (Å²) < 4.78 is 39.8. The molecule has 1 fully saturated rings. The number of nitrogens with one attached hydrogen (secondary N) is 1. The lowest BCUT2D eigenvalue weighted by molar-refractivity contribution is 0.172. The lowest BCUT2D eigenvalue weighted by Crippen LogP contribution is -2.44. The Morgan fingerprint density at radius 2 is 1.78 bits per heavy atom. The Labute approximate surface area is 219 Å². The van der Waals surface area contributed by atoms with Gasteiger partial charge < -0.3 is 14.1 Å².